The minimum Gasteiger partial charge on any atom is -0.423 e. The molecular formula is C41H46BBrN4O2. The van der Waals surface area contributed by atoms with E-state index in [1.165, 1.54) is 38.9 Å². The molecule has 0 saturated carbocycles. The lowest BCUT2D eigenvalue weighted by atomic mass is 9.74. The summed E-state index contributed by atoms with van der Waals surface area (Å²) in [5.74, 6) is 1.55. The molecule has 0 fully saturated rings. The van der Waals surface area contributed by atoms with Crippen LogP contribution in [0.25, 0.3) is 33.9 Å². The molecule has 49 heavy (non-hydrogen) atoms. The molecule has 0 radical (unpaired) electrons. The highest BCUT2D eigenvalue weighted by Gasteiger charge is 2.15. The molecule has 2 aromatic heterocycles. The molecule has 0 spiro atoms. The smallest absolute Gasteiger partial charge is 0.423 e. The van der Waals surface area contributed by atoms with Crippen molar-refractivity contribution in [1.29, 1.82) is 0 Å². The molecule has 6 aromatic rings. The van der Waals surface area contributed by atoms with Gasteiger partial charge in [0.15, 0.2) is 11.6 Å². The summed E-state index contributed by atoms with van der Waals surface area (Å²) < 4.78 is 0.899. The van der Waals surface area contributed by atoms with Crippen LogP contribution in [0.15, 0.2) is 102 Å². The molecule has 0 amide bonds. The summed E-state index contributed by atoms with van der Waals surface area (Å²) in [6.45, 7) is 16.3. The van der Waals surface area contributed by atoms with Crippen molar-refractivity contribution in [2.75, 3.05) is 0 Å². The highest BCUT2D eigenvalue weighted by atomic mass is 79.9. The lowest BCUT2D eigenvalue weighted by molar-refractivity contribution is 0.425. The van der Waals surface area contributed by atoms with Crippen LogP contribution in [-0.4, -0.2) is 37.1 Å². The maximum absolute atomic E-state index is 8.94. The van der Waals surface area contributed by atoms with E-state index in [1.54, 1.807) is 12.4 Å². The number of aryl methyl sites for hydroxylation is 8. The second-order valence-corrected chi connectivity index (χ2v) is 13.1. The summed E-state index contributed by atoms with van der Waals surface area (Å²) in [6.07, 6.45) is 7.38. The summed E-state index contributed by atoms with van der Waals surface area (Å²) in [6, 6.07) is 24.7. The zero-order valence-electron chi connectivity index (χ0n) is 28.9. The van der Waals surface area contributed by atoms with Gasteiger partial charge in [-0.3, -0.25) is 0 Å². The third kappa shape index (κ3) is 10.7. The fourth-order valence-corrected chi connectivity index (χ4v) is 5.98. The van der Waals surface area contributed by atoms with E-state index in [1.807, 2.05) is 44.4 Å². The predicted octanol–water partition coefficient (Wildman–Crippen LogP) is 9.19. The molecule has 6 nitrogen and oxygen atoms in total. The van der Waals surface area contributed by atoms with Crippen LogP contribution in [0, 0.1) is 55.4 Å². The number of aromatic nitrogens is 4. The van der Waals surface area contributed by atoms with E-state index in [0.717, 1.165) is 43.9 Å². The summed E-state index contributed by atoms with van der Waals surface area (Å²) >= 11 is 3.32. The van der Waals surface area contributed by atoms with Gasteiger partial charge >= 0.3 is 7.12 Å². The van der Waals surface area contributed by atoms with Crippen molar-refractivity contribution in [3.8, 4) is 33.9 Å². The molecule has 0 unspecified atom stereocenters. The van der Waals surface area contributed by atoms with Crippen LogP contribution in [-0.2, 0) is 0 Å². The van der Waals surface area contributed by atoms with Gasteiger partial charge in [0.25, 0.3) is 0 Å². The largest absolute Gasteiger partial charge is 0.488 e. The number of rotatable bonds is 4. The molecule has 0 aliphatic carbocycles. The van der Waals surface area contributed by atoms with Gasteiger partial charge in [0, 0.05) is 41.5 Å². The Morgan fingerprint density at radius 1 is 0.490 bits per heavy atom. The van der Waals surface area contributed by atoms with Crippen molar-refractivity contribution < 1.29 is 10.0 Å². The van der Waals surface area contributed by atoms with Crippen molar-refractivity contribution in [3.63, 3.8) is 0 Å². The Kier molecular flexibility index (Phi) is 14.1. The van der Waals surface area contributed by atoms with Crippen LogP contribution in [0.2, 0.25) is 0 Å². The molecule has 0 aliphatic heterocycles. The summed E-state index contributed by atoms with van der Waals surface area (Å²) in [4.78, 5) is 17.7. The second-order valence-electron chi connectivity index (χ2n) is 12.2. The Morgan fingerprint density at radius 2 is 0.837 bits per heavy atom. The lowest BCUT2D eigenvalue weighted by Crippen LogP contribution is -2.34. The first-order chi connectivity index (χ1) is 22.8. The molecule has 252 valence electrons. The Hall–Kier alpha value is -4.50. The van der Waals surface area contributed by atoms with E-state index in [4.69, 9.17) is 10.0 Å². The number of nitrogens with zero attached hydrogens (tertiary/aromatic N) is 4. The van der Waals surface area contributed by atoms with Gasteiger partial charge in [0.1, 0.15) is 0 Å². The van der Waals surface area contributed by atoms with Crippen molar-refractivity contribution in [2.24, 2.45) is 0 Å². The zero-order chi connectivity index (χ0) is 35.0. The van der Waals surface area contributed by atoms with E-state index in [2.05, 4.69) is 132 Å². The summed E-state index contributed by atoms with van der Waals surface area (Å²) in [5, 5.41) is 17.9. The molecule has 2 N–H and O–H groups in total. The molecule has 0 saturated heterocycles. The van der Waals surface area contributed by atoms with Crippen LogP contribution < -0.4 is 5.46 Å². The Balaban J connectivity index is 0.000000210. The average Bonchev–Trinajstić information content (AvgIpc) is 3.01. The Bertz CT molecular complexity index is 1920. The van der Waals surface area contributed by atoms with E-state index in [0.29, 0.717) is 5.46 Å². The maximum Gasteiger partial charge on any atom is 0.488 e. The molecule has 4 aromatic carbocycles. The number of benzene rings is 4. The van der Waals surface area contributed by atoms with Crippen LogP contribution in [0.4, 0.5) is 0 Å². The van der Waals surface area contributed by atoms with E-state index in [9.17, 15) is 0 Å². The Morgan fingerprint density at radius 3 is 1.18 bits per heavy atom. The van der Waals surface area contributed by atoms with E-state index < -0.39 is 7.12 Å². The lowest BCUT2D eigenvalue weighted by Gasteiger charge is -2.10. The van der Waals surface area contributed by atoms with E-state index in [-0.39, 0.29) is 7.43 Å². The molecule has 2 heterocycles. The third-order valence-electron chi connectivity index (χ3n) is 7.80. The average molecular weight is 718 g/mol. The van der Waals surface area contributed by atoms with Gasteiger partial charge in [-0.15, -0.1) is 0 Å². The topological polar surface area (TPSA) is 92.0 Å². The molecule has 8 heteroatoms. The Labute approximate surface area is 300 Å². The fraction of sp³-hybridized carbons (Fsp3) is 0.220. The maximum atomic E-state index is 8.94. The SMILES string of the molecule is C.Cc1cc(C)cc(-c2ncc(-c3c(C)cccc3C)cn2)c1.Cc1cc(C)cc(-c2ncc(Br)cn2)c1.Cc1cccc(C)c1B(O)O. The fourth-order valence-electron chi connectivity index (χ4n) is 5.78. The van der Waals surface area contributed by atoms with Crippen molar-refractivity contribution in [2.45, 2.75) is 62.8 Å². The predicted molar refractivity (Wildman–Crippen MR) is 209 cm³/mol. The highest BCUT2D eigenvalue weighted by Crippen LogP contribution is 2.27. The first kappa shape index (κ1) is 38.9. The van der Waals surface area contributed by atoms with Gasteiger partial charge in [0.05, 0.1) is 4.47 Å². The van der Waals surface area contributed by atoms with Crippen molar-refractivity contribution >= 4 is 28.5 Å². The molecule has 0 atom stereocenters. The summed E-state index contributed by atoms with van der Waals surface area (Å²) in [7, 11) is -1.35. The second kappa shape index (κ2) is 17.8. The minimum absolute atomic E-state index is 0. The molecule has 6 rings (SSSR count). The van der Waals surface area contributed by atoms with Crippen molar-refractivity contribution in [1.82, 2.24) is 19.9 Å². The van der Waals surface area contributed by atoms with Crippen LogP contribution in [0.5, 0.6) is 0 Å². The van der Waals surface area contributed by atoms with Gasteiger partial charge in [-0.25, -0.2) is 19.9 Å². The van der Waals surface area contributed by atoms with E-state index >= 15 is 0 Å². The van der Waals surface area contributed by atoms with Gasteiger partial charge in [-0.2, -0.15) is 0 Å². The summed E-state index contributed by atoms with van der Waals surface area (Å²) in [5.41, 5.74) is 14.3. The number of halogens is 1. The van der Waals surface area contributed by atoms with Crippen LogP contribution in [0.1, 0.15) is 51.9 Å². The van der Waals surface area contributed by atoms with Crippen LogP contribution in [0.3, 0.4) is 0 Å². The van der Waals surface area contributed by atoms with Gasteiger partial charge in [-0.1, -0.05) is 89.3 Å². The number of hydrogen-bond donors (Lipinski definition) is 2. The molecule has 0 aliphatic rings. The molecule has 0 bridgehead atoms. The third-order valence-corrected chi connectivity index (χ3v) is 8.21. The monoisotopic (exact) mass is 716 g/mol. The van der Waals surface area contributed by atoms with Gasteiger partial charge < -0.3 is 10.0 Å². The van der Waals surface area contributed by atoms with Crippen molar-refractivity contribution in [3.05, 3.63) is 147 Å². The first-order valence-electron chi connectivity index (χ1n) is 15.8. The normalized spacial score (nSPS) is 10.2. The highest BCUT2D eigenvalue weighted by molar-refractivity contribution is 9.10. The molecular weight excluding hydrogens is 671 g/mol. The minimum atomic E-state index is -1.35. The van der Waals surface area contributed by atoms with Gasteiger partial charge in [0.2, 0.25) is 0 Å². The zero-order valence-corrected chi connectivity index (χ0v) is 30.5. The van der Waals surface area contributed by atoms with Crippen LogP contribution >= 0.6 is 15.9 Å². The number of hydrogen-bond acceptors (Lipinski definition) is 6. The quantitative estimate of drug-likeness (QED) is 0.177. The standard InChI is InChI=1S/C20H20N2.C12H11BrN2.C8H11BO2.CH4/c1-13-8-14(2)10-17(9-13)20-21-11-18(12-22-20)19-15(3)6-5-7-16(19)4;1-8-3-9(2)5-10(4-8)12-14-6-11(13)7-15-12;1-6-4-3-5-7(2)8(6)9(10)11;/h5-12H,1-4H3;3-7H,1-2H3;3-5,10-11H,1-2H3;1H4. The van der Waals surface area contributed by atoms with Gasteiger partial charge in [-0.05, 0) is 118 Å². The first-order valence-corrected chi connectivity index (χ1v) is 16.6.